The zero-order chi connectivity index (χ0) is 9.31. The van der Waals surface area contributed by atoms with Crippen molar-refractivity contribution < 1.29 is 0 Å². The molecule has 0 aromatic rings. The highest BCUT2D eigenvalue weighted by atomic mass is 15.3. The average Bonchev–Trinajstić information content (AvgIpc) is 2.90. The van der Waals surface area contributed by atoms with E-state index >= 15 is 0 Å². The Bertz CT molecular complexity index is 179. The van der Waals surface area contributed by atoms with Crippen molar-refractivity contribution >= 4 is 0 Å². The van der Waals surface area contributed by atoms with E-state index in [1.165, 1.54) is 32.4 Å². The van der Waals surface area contributed by atoms with E-state index in [1.54, 1.807) is 0 Å². The van der Waals surface area contributed by atoms with E-state index in [9.17, 15) is 0 Å². The SMILES string of the molecule is CCNC1(CN)CCN(C2CC2)C1. The molecule has 0 amide bonds. The predicted molar refractivity (Wildman–Crippen MR) is 54.7 cm³/mol. The van der Waals surface area contributed by atoms with Crippen LogP contribution in [0.5, 0.6) is 0 Å². The van der Waals surface area contributed by atoms with Crippen molar-refractivity contribution in [2.75, 3.05) is 26.2 Å². The molecule has 0 aromatic carbocycles. The van der Waals surface area contributed by atoms with E-state index in [-0.39, 0.29) is 5.54 Å². The quantitative estimate of drug-likeness (QED) is 0.652. The molecule has 1 saturated heterocycles. The van der Waals surface area contributed by atoms with Crippen molar-refractivity contribution in [2.45, 2.75) is 37.8 Å². The first-order chi connectivity index (χ1) is 6.29. The van der Waals surface area contributed by atoms with Crippen molar-refractivity contribution in [3.8, 4) is 0 Å². The van der Waals surface area contributed by atoms with Crippen LogP contribution in [-0.4, -0.2) is 42.7 Å². The number of nitrogens with one attached hydrogen (secondary N) is 1. The van der Waals surface area contributed by atoms with Crippen LogP contribution in [0.1, 0.15) is 26.2 Å². The molecule has 3 nitrogen and oxygen atoms in total. The summed E-state index contributed by atoms with van der Waals surface area (Å²) >= 11 is 0. The molecule has 0 spiro atoms. The van der Waals surface area contributed by atoms with Crippen molar-refractivity contribution in [2.24, 2.45) is 5.73 Å². The highest BCUT2D eigenvalue weighted by Gasteiger charge is 2.41. The minimum absolute atomic E-state index is 0.233. The van der Waals surface area contributed by atoms with Crippen LogP contribution in [0.2, 0.25) is 0 Å². The molecule has 2 rings (SSSR count). The van der Waals surface area contributed by atoms with Gasteiger partial charge in [0.2, 0.25) is 0 Å². The van der Waals surface area contributed by atoms with Crippen LogP contribution in [0, 0.1) is 0 Å². The van der Waals surface area contributed by atoms with Gasteiger partial charge in [-0.05, 0) is 25.8 Å². The van der Waals surface area contributed by atoms with Crippen LogP contribution < -0.4 is 11.1 Å². The first kappa shape index (κ1) is 9.44. The average molecular weight is 183 g/mol. The van der Waals surface area contributed by atoms with Gasteiger partial charge >= 0.3 is 0 Å². The number of likely N-dealkylation sites (tertiary alicyclic amines) is 1. The second-order valence-corrected chi connectivity index (χ2v) is 4.47. The molecule has 1 aliphatic heterocycles. The molecular formula is C10H21N3. The van der Waals surface area contributed by atoms with Gasteiger partial charge in [-0.25, -0.2) is 0 Å². The highest BCUT2D eigenvalue weighted by molar-refractivity contribution is 5.02. The summed E-state index contributed by atoms with van der Waals surface area (Å²) in [6.45, 7) is 6.40. The van der Waals surface area contributed by atoms with Gasteiger partial charge in [-0.2, -0.15) is 0 Å². The molecule has 2 aliphatic rings. The Balaban J connectivity index is 1.91. The Labute approximate surface area is 80.7 Å². The maximum atomic E-state index is 5.85. The Hall–Kier alpha value is -0.120. The van der Waals surface area contributed by atoms with E-state index in [4.69, 9.17) is 5.73 Å². The van der Waals surface area contributed by atoms with Crippen molar-refractivity contribution in [3.63, 3.8) is 0 Å². The van der Waals surface area contributed by atoms with E-state index in [0.29, 0.717) is 0 Å². The Kier molecular flexibility index (Phi) is 2.58. The van der Waals surface area contributed by atoms with E-state index in [0.717, 1.165) is 19.1 Å². The first-order valence-electron chi connectivity index (χ1n) is 5.49. The summed E-state index contributed by atoms with van der Waals surface area (Å²) in [5.41, 5.74) is 6.08. The van der Waals surface area contributed by atoms with Crippen LogP contribution in [0.3, 0.4) is 0 Å². The lowest BCUT2D eigenvalue weighted by Gasteiger charge is -2.28. The molecule has 2 fully saturated rings. The lowest BCUT2D eigenvalue weighted by atomic mass is 9.99. The smallest absolute Gasteiger partial charge is 0.0444 e. The van der Waals surface area contributed by atoms with Gasteiger partial charge in [0.25, 0.3) is 0 Å². The molecule has 3 heteroatoms. The van der Waals surface area contributed by atoms with Crippen molar-refractivity contribution in [3.05, 3.63) is 0 Å². The van der Waals surface area contributed by atoms with Gasteiger partial charge in [0.05, 0.1) is 0 Å². The maximum Gasteiger partial charge on any atom is 0.0444 e. The monoisotopic (exact) mass is 183 g/mol. The van der Waals surface area contributed by atoms with Gasteiger partial charge in [0.15, 0.2) is 0 Å². The van der Waals surface area contributed by atoms with Crippen LogP contribution >= 0.6 is 0 Å². The van der Waals surface area contributed by atoms with Crippen molar-refractivity contribution in [1.82, 2.24) is 10.2 Å². The molecule has 1 saturated carbocycles. The third kappa shape index (κ3) is 1.87. The zero-order valence-electron chi connectivity index (χ0n) is 8.55. The minimum Gasteiger partial charge on any atom is -0.329 e. The van der Waals surface area contributed by atoms with Crippen LogP contribution in [0.4, 0.5) is 0 Å². The van der Waals surface area contributed by atoms with Gasteiger partial charge < -0.3 is 11.1 Å². The van der Waals surface area contributed by atoms with Crippen molar-refractivity contribution in [1.29, 1.82) is 0 Å². The summed E-state index contributed by atoms with van der Waals surface area (Å²) in [4.78, 5) is 2.61. The molecule has 0 bridgehead atoms. The van der Waals surface area contributed by atoms with E-state index < -0.39 is 0 Å². The van der Waals surface area contributed by atoms with Crippen LogP contribution in [0.25, 0.3) is 0 Å². The fourth-order valence-corrected chi connectivity index (χ4v) is 2.41. The fraction of sp³-hybridized carbons (Fsp3) is 1.00. The molecule has 0 aromatic heterocycles. The highest BCUT2D eigenvalue weighted by Crippen LogP contribution is 2.32. The largest absolute Gasteiger partial charge is 0.329 e. The number of nitrogens with two attached hydrogens (primary N) is 1. The number of hydrogen-bond acceptors (Lipinski definition) is 3. The third-order valence-electron chi connectivity index (χ3n) is 3.39. The third-order valence-corrected chi connectivity index (χ3v) is 3.39. The normalized spacial score (nSPS) is 35.5. The van der Waals surface area contributed by atoms with Gasteiger partial charge in [-0.15, -0.1) is 0 Å². The molecule has 1 unspecified atom stereocenters. The molecule has 76 valence electrons. The minimum atomic E-state index is 0.233. The Morgan fingerprint density at radius 3 is 2.85 bits per heavy atom. The standard InChI is InChI=1S/C10H21N3/c1-2-12-10(7-11)5-6-13(8-10)9-3-4-9/h9,12H,2-8,11H2,1H3. The topological polar surface area (TPSA) is 41.3 Å². The summed E-state index contributed by atoms with van der Waals surface area (Å²) in [6, 6.07) is 0.895. The van der Waals surface area contributed by atoms with Gasteiger partial charge in [0, 0.05) is 31.2 Å². The summed E-state index contributed by atoms with van der Waals surface area (Å²) in [5.74, 6) is 0. The lowest BCUT2D eigenvalue weighted by Crippen LogP contribution is -2.53. The van der Waals surface area contributed by atoms with Gasteiger partial charge in [-0.1, -0.05) is 6.92 Å². The van der Waals surface area contributed by atoms with E-state index in [2.05, 4.69) is 17.1 Å². The molecule has 0 radical (unpaired) electrons. The second-order valence-electron chi connectivity index (χ2n) is 4.47. The number of rotatable bonds is 4. The predicted octanol–water partition coefficient (Wildman–Crippen LogP) is 0.162. The summed E-state index contributed by atoms with van der Waals surface area (Å²) in [5, 5.41) is 3.55. The lowest BCUT2D eigenvalue weighted by molar-refractivity contribution is 0.279. The Morgan fingerprint density at radius 1 is 1.54 bits per heavy atom. The summed E-state index contributed by atoms with van der Waals surface area (Å²) < 4.78 is 0. The molecular weight excluding hydrogens is 162 g/mol. The number of nitrogens with zero attached hydrogens (tertiary/aromatic N) is 1. The van der Waals surface area contributed by atoms with Gasteiger partial charge in [0.1, 0.15) is 0 Å². The number of likely N-dealkylation sites (N-methyl/N-ethyl adjacent to an activating group) is 1. The second kappa shape index (κ2) is 3.56. The fourth-order valence-electron chi connectivity index (χ4n) is 2.41. The van der Waals surface area contributed by atoms with Gasteiger partial charge in [-0.3, -0.25) is 4.90 Å². The Morgan fingerprint density at radius 2 is 2.31 bits per heavy atom. The van der Waals surface area contributed by atoms with Crippen LogP contribution in [-0.2, 0) is 0 Å². The molecule has 13 heavy (non-hydrogen) atoms. The molecule has 1 heterocycles. The molecule has 3 N–H and O–H groups in total. The first-order valence-corrected chi connectivity index (χ1v) is 5.49. The van der Waals surface area contributed by atoms with E-state index in [1.807, 2.05) is 0 Å². The summed E-state index contributed by atoms with van der Waals surface area (Å²) in [7, 11) is 0. The number of hydrogen-bond donors (Lipinski definition) is 2. The molecule has 1 atom stereocenters. The maximum absolute atomic E-state index is 5.85. The zero-order valence-corrected chi connectivity index (χ0v) is 8.55. The summed E-state index contributed by atoms with van der Waals surface area (Å²) in [6.07, 6.45) is 4.05. The molecule has 1 aliphatic carbocycles. The van der Waals surface area contributed by atoms with Crippen LogP contribution in [0.15, 0.2) is 0 Å².